The molecule has 0 aliphatic rings. The number of nitrogens with zero attached hydrogens (tertiary/aromatic N) is 1. The van der Waals surface area contributed by atoms with Gasteiger partial charge in [0.05, 0.1) is 17.9 Å². The van der Waals surface area contributed by atoms with Crippen LogP contribution in [0.5, 0.6) is 0 Å². The van der Waals surface area contributed by atoms with Crippen LogP contribution in [0.4, 0.5) is 0 Å². The number of amides is 1. The number of methoxy groups -OCH3 is 1. The van der Waals surface area contributed by atoms with E-state index in [0.717, 1.165) is 15.8 Å². The fourth-order valence-corrected chi connectivity index (χ4v) is 3.07. The van der Waals surface area contributed by atoms with E-state index >= 15 is 0 Å². The Kier molecular flexibility index (Phi) is 5.88. The van der Waals surface area contributed by atoms with E-state index < -0.39 is 0 Å². The molecule has 0 saturated carbocycles. The number of carbonyl (C=O) groups is 1. The summed E-state index contributed by atoms with van der Waals surface area (Å²) in [5.41, 5.74) is 0.677. The van der Waals surface area contributed by atoms with Crippen LogP contribution in [0, 0.1) is 0 Å². The van der Waals surface area contributed by atoms with Gasteiger partial charge in [0.25, 0.3) is 5.56 Å². The van der Waals surface area contributed by atoms with Gasteiger partial charge < -0.3 is 14.6 Å². The lowest BCUT2D eigenvalue weighted by Gasteiger charge is -2.10. The first kappa shape index (κ1) is 16.9. The third-order valence-corrected chi connectivity index (χ3v) is 4.45. The number of aryl methyl sites for hydroxylation is 1. The maximum Gasteiger partial charge on any atom is 0.251 e. The first-order valence-electron chi connectivity index (χ1n) is 6.70. The zero-order valence-electron chi connectivity index (χ0n) is 12.4. The number of carbonyl (C=O) groups excluding carboxylic acids is 1. The molecule has 0 unspecified atom stereocenters. The van der Waals surface area contributed by atoms with Crippen LogP contribution in [0.2, 0.25) is 5.02 Å². The molecule has 118 valence electrons. The van der Waals surface area contributed by atoms with Gasteiger partial charge in [-0.1, -0.05) is 11.6 Å². The highest BCUT2D eigenvalue weighted by molar-refractivity contribution is 8.00. The fraction of sp³-hybridized carbons (Fsp3) is 0.333. The SMILES string of the molecule is COCCNC(=O)CSc1cc(=O)n(C)c2ccc(Cl)cc12. The second kappa shape index (κ2) is 7.67. The molecule has 22 heavy (non-hydrogen) atoms. The molecule has 2 rings (SSSR count). The molecule has 0 aliphatic carbocycles. The minimum Gasteiger partial charge on any atom is -0.383 e. The first-order chi connectivity index (χ1) is 10.5. The summed E-state index contributed by atoms with van der Waals surface area (Å²) < 4.78 is 6.44. The molecule has 0 saturated heterocycles. The molecule has 1 heterocycles. The minimum absolute atomic E-state index is 0.0992. The zero-order valence-corrected chi connectivity index (χ0v) is 14.0. The Bertz CT molecular complexity index is 745. The van der Waals surface area contributed by atoms with Crippen molar-refractivity contribution in [3.8, 4) is 0 Å². The monoisotopic (exact) mass is 340 g/mol. The van der Waals surface area contributed by atoms with Gasteiger partial charge in [0.2, 0.25) is 5.91 Å². The summed E-state index contributed by atoms with van der Waals surface area (Å²) >= 11 is 7.36. The average molecular weight is 341 g/mol. The van der Waals surface area contributed by atoms with Crippen LogP contribution in [-0.4, -0.2) is 36.5 Å². The molecule has 0 atom stereocenters. The lowest BCUT2D eigenvalue weighted by Crippen LogP contribution is -2.28. The molecule has 5 nitrogen and oxygen atoms in total. The summed E-state index contributed by atoms with van der Waals surface area (Å²) in [6, 6.07) is 6.89. The van der Waals surface area contributed by atoms with Crippen molar-refractivity contribution in [3.63, 3.8) is 0 Å². The molecule has 7 heteroatoms. The molecule has 1 amide bonds. The van der Waals surface area contributed by atoms with Crippen molar-refractivity contribution in [1.29, 1.82) is 0 Å². The van der Waals surface area contributed by atoms with Crippen LogP contribution in [0.25, 0.3) is 10.9 Å². The number of halogens is 1. The van der Waals surface area contributed by atoms with Crippen molar-refractivity contribution in [2.75, 3.05) is 26.0 Å². The van der Waals surface area contributed by atoms with Crippen molar-refractivity contribution in [2.45, 2.75) is 4.90 Å². The topological polar surface area (TPSA) is 60.3 Å². The Morgan fingerprint density at radius 2 is 2.18 bits per heavy atom. The molecule has 1 aromatic heterocycles. The van der Waals surface area contributed by atoms with E-state index in [1.165, 1.54) is 17.8 Å². The van der Waals surface area contributed by atoms with Crippen LogP contribution in [0.3, 0.4) is 0 Å². The van der Waals surface area contributed by atoms with Gasteiger partial charge in [-0.2, -0.15) is 0 Å². The number of hydrogen-bond donors (Lipinski definition) is 1. The van der Waals surface area contributed by atoms with E-state index in [9.17, 15) is 9.59 Å². The molecule has 0 radical (unpaired) electrons. The third kappa shape index (κ3) is 4.03. The normalized spacial score (nSPS) is 10.9. The van der Waals surface area contributed by atoms with Crippen molar-refractivity contribution < 1.29 is 9.53 Å². The molecule has 1 aromatic carbocycles. The molecular formula is C15H17ClN2O3S. The van der Waals surface area contributed by atoms with Gasteiger partial charge in [-0.15, -0.1) is 11.8 Å². The third-order valence-electron chi connectivity index (χ3n) is 3.16. The maximum atomic E-state index is 12.0. The van der Waals surface area contributed by atoms with Gasteiger partial charge in [0.1, 0.15) is 0 Å². The van der Waals surface area contributed by atoms with Crippen molar-refractivity contribution in [1.82, 2.24) is 9.88 Å². The molecular weight excluding hydrogens is 324 g/mol. The first-order valence-corrected chi connectivity index (χ1v) is 8.07. The summed E-state index contributed by atoms with van der Waals surface area (Å²) in [5.74, 6) is 0.135. The standard InChI is InChI=1S/C15H17ClN2O3S/c1-18-12-4-3-10(16)7-11(12)13(8-15(18)20)22-9-14(19)17-5-6-21-2/h3-4,7-8H,5-6,9H2,1-2H3,(H,17,19). The van der Waals surface area contributed by atoms with Crippen LogP contribution < -0.4 is 10.9 Å². The number of fused-ring (bicyclic) bond motifs is 1. The van der Waals surface area contributed by atoms with Crippen LogP contribution >= 0.6 is 23.4 Å². The summed E-state index contributed by atoms with van der Waals surface area (Å²) in [6.07, 6.45) is 0. The highest BCUT2D eigenvalue weighted by Crippen LogP contribution is 2.28. The Hall–Kier alpha value is -1.50. The average Bonchev–Trinajstić information content (AvgIpc) is 2.49. The number of rotatable bonds is 6. The lowest BCUT2D eigenvalue weighted by molar-refractivity contribution is -0.118. The van der Waals surface area contributed by atoms with Gasteiger partial charge in [-0.25, -0.2) is 0 Å². The predicted molar refractivity (Wildman–Crippen MR) is 89.8 cm³/mol. The van der Waals surface area contributed by atoms with E-state index in [1.807, 2.05) is 12.1 Å². The van der Waals surface area contributed by atoms with Gasteiger partial charge in [0.15, 0.2) is 0 Å². The van der Waals surface area contributed by atoms with Gasteiger partial charge in [0, 0.05) is 42.1 Å². The Labute approximate surface area is 137 Å². The number of aromatic nitrogens is 1. The summed E-state index contributed by atoms with van der Waals surface area (Å²) in [5, 5.41) is 4.21. The van der Waals surface area contributed by atoms with Crippen molar-refractivity contribution >= 4 is 40.2 Å². The van der Waals surface area contributed by atoms with E-state index in [-0.39, 0.29) is 17.2 Å². The van der Waals surface area contributed by atoms with Gasteiger partial charge in [-0.3, -0.25) is 9.59 Å². The molecule has 2 aromatic rings. The minimum atomic E-state index is -0.114. The van der Waals surface area contributed by atoms with E-state index in [4.69, 9.17) is 16.3 Å². The largest absolute Gasteiger partial charge is 0.383 e. The molecule has 0 bridgehead atoms. The summed E-state index contributed by atoms with van der Waals surface area (Å²) in [7, 11) is 3.29. The predicted octanol–water partition coefficient (Wildman–Crippen LogP) is 2.05. The summed E-state index contributed by atoms with van der Waals surface area (Å²) in [4.78, 5) is 24.5. The fourth-order valence-electron chi connectivity index (χ4n) is 2.01. The molecule has 0 fully saturated rings. The summed E-state index contributed by atoms with van der Waals surface area (Å²) in [6.45, 7) is 0.944. The van der Waals surface area contributed by atoms with Crippen LogP contribution in [0.1, 0.15) is 0 Å². The lowest BCUT2D eigenvalue weighted by atomic mass is 10.2. The van der Waals surface area contributed by atoms with Crippen LogP contribution in [-0.2, 0) is 16.6 Å². The van der Waals surface area contributed by atoms with E-state index in [1.54, 1.807) is 24.8 Å². The Morgan fingerprint density at radius 1 is 1.41 bits per heavy atom. The molecule has 1 N–H and O–H groups in total. The Morgan fingerprint density at radius 3 is 2.91 bits per heavy atom. The number of hydrogen-bond acceptors (Lipinski definition) is 4. The highest BCUT2D eigenvalue weighted by Gasteiger charge is 2.10. The highest BCUT2D eigenvalue weighted by atomic mass is 35.5. The van der Waals surface area contributed by atoms with E-state index in [2.05, 4.69) is 5.32 Å². The number of pyridine rings is 1. The number of ether oxygens (including phenoxy) is 1. The zero-order chi connectivity index (χ0) is 16.1. The quantitative estimate of drug-likeness (QED) is 0.646. The van der Waals surface area contributed by atoms with Crippen LogP contribution in [0.15, 0.2) is 34.0 Å². The smallest absolute Gasteiger partial charge is 0.251 e. The Balaban J connectivity index is 2.20. The van der Waals surface area contributed by atoms with Gasteiger partial charge in [-0.05, 0) is 18.2 Å². The maximum absolute atomic E-state index is 12.0. The number of nitrogens with one attached hydrogen (secondary N) is 1. The molecule has 0 spiro atoms. The second-order valence-corrected chi connectivity index (χ2v) is 6.15. The number of thioether (sulfide) groups is 1. The van der Waals surface area contributed by atoms with E-state index in [0.29, 0.717) is 18.2 Å². The number of benzene rings is 1. The second-order valence-electron chi connectivity index (χ2n) is 4.70. The molecule has 0 aliphatic heterocycles. The van der Waals surface area contributed by atoms with Crippen molar-refractivity contribution in [3.05, 3.63) is 39.6 Å². The van der Waals surface area contributed by atoms with Crippen molar-refractivity contribution in [2.24, 2.45) is 7.05 Å². The van der Waals surface area contributed by atoms with Gasteiger partial charge >= 0.3 is 0 Å².